The molecule has 1 aliphatic heterocycles. The maximum Gasteiger partial charge on any atom is 0.246 e. The third-order valence-corrected chi connectivity index (χ3v) is 17.4. The number of rotatable bonds is 17. The fraction of sp³-hybridized carbons (Fsp3) is 0.785. The van der Waals surface area contributed by atoms with Crippen LogP contribution in [0.3, 0.4) is 0 Å². The summed E-state index contributed by atoms with van der Waals surface area (Å²) in [5.41, 5.74) is 0. The van der Waals surface area contributed by atoms with Gasteiger partial charge < -0.3 is 65.1 Å². The Morgan fingerprint density at radius 1 is 0.467 bits per heavy atom. The molecule has 2 rings (SSSR count). The molecule has 0 unspecified atom stereocenters. The lowest BCUT2D eigenvalue weighted by Gasteiger charge is -2.41. The van der Waals surface area contributed by atoms with E-state index in [2.05, 4.69) is 26.3 Å². The van der Waals surface area contributed by atoms with Gasteiger partial charge in [-0.15, -0.1) is 0 Å². The summed E-state index contributed by atoms with van der Waals surface area (Å²) in [6, 6.07) is -13.8. The van der Waals surface area contributed by atoms with Gasteiger partial charge in [-0.3, -0.25) is 52.7 Å². The van der Waals surface area contributed by atoms with E-state index >= 15 is 19.2 Å². The molecule has 1 aromatic heterocycles. The van der Waals surface area contributed by atoms with E-state index in [9.17, 15) is 38.7 Å². The van der Waals surface area contributed by atoms with Crippen LogP contribution in [-0.2, 0) is 59.2 Å². The third-order valence-electron chi connectivity index (χ3n) is 17.4. The fourth-order valence-corrected chi connectivity index (χ4v) is 11.5. The molecule has 0 saturated carbocycles. The van der Waals surface area contributed by atoms with Crippen molar-refractivity contribution in [3.63, 3.8) is 0 Å². The summed E-state index contributed by atoms with van der Waals surface area (Å²) in [5, 5.41) is 23.4. The van der Waals surface area contributed by atoms with Crippen LogP contribution in [0.2, 0.25) is 0 Å². The maximum absolute atomic E-state index is 15.3. The van der Waals surface area contributed by atoms with E-state index in [0.29, 0.717) is 25.2 Å². The number of hydrogen-bond acceptors (Lipinski definition) is 14. The molecule has 1 fully saturated rings. The lowest BCUT2D eigenvalue weighted by molar-refractivity contribution is -0.157. The number of amides is 11. The molecule has 5 N–H and O–H groups in total. The number of carbonyl (C=O) groups is 11. The second-order valence-electron chi connectivity index (χ2n) is 27.5. The number of nitrogens with one attached hydrogen (secondary N) is 4. The van der Waals surface area contributed by atoms with Gasteiger partial charge in [0.05, 0.1) is 12.3 Å². The zero-order chi connectivity index (χ0) is 69.3. The highest BCUT2D eigenvalue weighted by Crippen LogP contribution is 2.26. The van der Waals surface area contributed by atoms with Crippen molar-refractivity contribution in [1.29, 1.82) is 0 Å². The van der Waals surface area contributed by atoms with Crippen LogP contribution in [0.25, 0.3) is 0 Å². The first kappa shape index (κ1) is 79.4. The molecule has 1 aromatic rings. The number of hydrogen-bond donors (Lipinski definition) is 5. The topological polar surface area (TPSA) is 305 Å². The second-order valence-corrected chi connectivity index (χ2v) is 27.5. The van der Waals surface area contributed by atoms with Crippen LogP contribution in [0.4, 0.5) is 0 Å². The van der Waals surface area contributed by atoms with Gasteiger partial charge in [-0.25, -0.2) is 4.98 Å². The first-order valence-electron chi connectivity index (χ1n) is 32.3. The number of aliphatic hydroxyl groups excluding tert-OH is 1. The zero-order valence-corrected chi connectivity index (χ0v) is 58.7. The highest BCUT2D eigenvalue weighted by molar-refractivity contribution is 6.00. The fourth-order valence-electron chi connectivity index (χ4n) is 11.5. The molecule has 25 heteroatoms. The minimum atomic E-state index is -1.65. The van der Waals surface area contributed by atoms with E-state index in [0.717, 1.165) is 9.80 Å². The van der Waals surface area contributed by atoms with E-state index in [-0.39, 0.29) is 55.8 Å². The molecule has 13 atom stereocenters. The summed E-state index contributed by atoms with van der Waals surface area (Å²) in [6.45, 7) is 29.5. The van der Waals surface area contributed by atoms with Crippen molar-refractivity contribution in [3.05, 3.63) is 18.4 Å². The number of carbonyl (C=O) groups excluding carboxylic acids is 11. The van der Waals surface area contributed by atoms with Crippen LogP contribution < -0.4 is 21.3 Å². The smallest absolute Gasteiger partial charge is 0.246 e. The van der Waals surface area contributed by atoms with E-state index in [1.54, 1.807) is 41.5 Å². The van der Waals surface area contributed by atoms with Gasteiger partial charge in [0.25, 0.3) is 0 Å². The molecular formula is C65H114N12O13. The van der Waals surface area contributed by atoms with Crippen LogP contribution in [-0.4, -0.2) is 231 Å². The number of aryl methyl sites for hydroxylation is 1. The minimum Gasteiger partial charge on any atom is -0.449 e. The van der Waals surface area contributed by atoms with E-state index in [1.807, 2.05) is 55.4 Å². The van der Waals surface area contributed by atoms with Crippen molar-refractivity contribution < 1.29 is 62.3 Å². The highest BCUT2D eigenvalue weighted by atomic mass is 16.3. The number of aliphatic hydroxyl groups is 1. The molecule has 0 spiro atoms. The van der Waals surface area contributed by atoms with Crippen LogP contribution in [0, 0.1) is 41.4 Å². The molecule has 11 amide bonds. The van der Waals surface area contributed by atoms with E-state index in [4.69, 9.17) is 4.42 Å². The Labute approximate surface area is 536 Å². The normalized spacial score (nSPS) is 26.8. The minimum absolute atomic E-state index is 0.000646. The molecule has 1 aliphatic rings. The zero-order valence-electron chi connectivity index (χ0n) is 58.7. The highest BCUT2D eigenvalue weighted by Gasteiger charge is 2.46. The van der Waals surface area contributed by atoms with Crippen molar-refractivity contribution >= 4 is 65.0 Å². The summed E-state index contributed by atoms with van der Waals surface area (Å²) in [7, 11) is 9.93. The summed E-state index contributed by atoms with van der Waals surface area (Å²) in [5.74, 6) is -9.47. The number of nitrogens with zero attached hydrogens (tertiary/aromatic N) is 8. The molecule has 512 valence electrons. The predicted octanol–water partition coefficient (Wildman–Crippen LogP) is 3.70. The van der Waals surface area contributed by atoms with Crippen LogP contribution in [0.15, 0.2) is 16.9 Å². The molecule has 0 aromatic carbocycles. The standard InChI is InChI=1S/C65H114N12O13/c1-25-45-61(85)71(18)44(17)60(84)72(19)47(32-36(4)5)57(81)70-51(39(10)11)64(88)73(20)46(31-35(2)3)56(80)67-42(15)55(79)68-43(16)59(83)74(21)48(33-37(6)7)62(86)75(22)49(34-38(8)9)63(87)76(23)52(40(12)13)65(89)77(24)53(58(82)69-45)54(78)41(14)27-26-28-50-66-29-30-90-50/h29-30,35-49,51-54,78H,25-28,31-34H2,1-24H3,(H,67,80)(H,68,79)(H,69,82)(H,70,81)/t41-,42+,43-,44-,45+,46+,47+,48+,49+,51+,52+,53-,54-/m1/s1. The summed E-state index contributed by atoms with van der Waals surface area (Å²) in [6.07, 6.45) is 3.22. The molecule has 90 heavy (non-hydrogen) atoms. The first-order chi connectivity index (χ1) is 41.7. The SMILES string of the molecule is CC[C@@H]1NC(=O)[C@@H]([C@H](O)[C@H](C)CCCc2ncco2)N(C)C(=O)[C@H](C(C)C)N(C)C(=O)[C@H](CC(C)C)N(C)C(=O)[C@H](CC(C)C)N(C)C(=O)[C@@H](C)NC(=O)[C@H](C)NC(=O)[C@H](CC(C)C)N(C)C(=O)[C@H](C(C)C)NC(=O)[C@H](CC(C)C)N(C)C(=O)[C@@H](C)N(C)C1=O. The Morgan fingerprint density at radius 3 is 1.36 bits per heavy atom. The van der Waals surface area contributed by atoms with Gasteiger partial charge in [0.2, 0.25) is 65.0 Å². The molecule has 25 nitrogen and oxygen atoms in total. The summed E-state index contributed by atoms with van der Waals surface area (Å²) >= 11 is 0. The second kappa shape index (κ2) is 35.8. The predicted molar refractivity (Wildman–Crippen MR) is 343 cm³/mol. The van der Waals surface area contributed by atoms with Gasteiger partial charge >= 0.3 is 0 Å². The van der Waals surface area contributed by atoms with Crippen LogP contribution in [0.1, 0.15) is 169 Å². The van der Waals surface area contributed by atoms with Crippen LogP contribution in [0.5, 0.6) is 0 Å². The van der Waals surface area contributed by atoms with Crippen molar-refractivity contribution in [1.82, 2.24) is 60.6 Å². The summed E-state index contributed by atoms with van der Waals surface area (Å²) < 4.78 is 5.42. The number of aromatic nitrogens is 1. The largest absolute Gasteiger partial charge is 0.449 e. The Balaban J connectivity index is 3.00. The van der Waals surface area contributed by atoms with E-state index < -0.39 is 155 Å². The summed E-state index contributed by atoms with van der Waals surface area (Å²) in [4.78, 5) is 175. The van der Waals surface area contributed by atoms with Crippen molar-refractivity contribution in [3.8, 4) is 0 Å². The first-order valence-corrected chi connectivity index (χ1v) is 32.3. The molecule has 0 aliphatic carbocycles. The quantitative estimate of drug-likeness (QED) is 0.149. The maximum atomic E-state index is 15.3. The van der Waals surface area contributed by atoms with Crippen molar-refractivity contribution in [2.24, 2.45) is 41.4 Å². The average Bonchev–Trinajstić information content (AvgIpc) is 1.11. The molecule has 0 radical (unpaired) electrons. The Kier molecular flexibility index (Phi) is 31.6. The average molecular weight is 1270 g/mol. The molecule has 2 heterocycles. The van der Waals surface area contributed by atoms with Gasteiger partial charge in [-0.2, -0.15) is 0 Å². The van der Waals surface area contributed by atoms with Crippen molar-refractivity contribution in [2.45, 2.75) is 242 Å². The van der Waals surface area contributed by atoms with Gasteiger partial charge in [-0.05, 0) is 107 Å². The molecular weight excluding hydrogens is 1160 g/mol. The van der Waals surface area contributed by atoms with Crippen LogP contribution >= 0.6 is 0 Å². The van der Waals surface area contributed by atoms with Crippen molar-refractivity contribution in [2.75, 3.05) is 49.3 Å². The number of oxazole rings is 1. The molecule has 1 saturated heterocycles. The van der Waals surface area contributed by atoms with Gasteiger partial charge in [0, 0.05) is 55.8 Å². The lowest BCUT2D eigenvalue weighted by atomic mass is 9.90. The van der Waals surface area contributed by atoms with Gasteiger partial charge in [0.1, 0.15) is 72.7 Å². The molecule has 0 bridgehead atoms. The Bertz CT molecular complexity index is 2580. The number of likely N-dealkylation sites (N-methyl/N-ethyl adjacent to an activating group) is 7. The van der Waals surface area contributed by atoms with E-state index in [1.165, 1.54) is 107 Å². The third kappa shape index (κ3) is 21.5. The Morgan fingerprint density at radius 2 is 0.900 bits per heavy atom. The monoisotopic (exact) mass is 1270 g/mol. The Hall–Kier alpha value is -6.66. The van der Waals surface area contributed by atoms with Gasteiger partial charge in [-0.1, -0.05) is 96.9 Å². The van der Waals surface area contributed by atoms with Gasteiger partial charge in [0.15, 0.2) is 5.89 Å². The lowest BCUT2D eigenvalue weighted by Crippen LogP contribution is -2.64.